The summed E-state index contributed by atoms with van der Waals surface area (Å²) in [6.45, 7) is 9.95. The Morgan fingerprint density at radius 2 is 1.32 bits per heavy atom. The van der Waals surface area contributed by atoms with Crippen LogP contribution in [0.2, 0.25) is 5.04 Å². The van der Waals surface area contributed by atoms with E-state index < -0.39 is 14.4 Å². The van der Waals surface area contributed by atoms with Crippen molar-refractivity contribution in [2.75, 3.05) is 0 Å². The molecule has 2 aromatic carbocycles. The third kappa shape index (κ3) is 3.32. The monoisotopic (exact) mass is 313 g/mol. The lowest BCUT2D eigenvalue weighted by molar-refractivity contribution is 0.166. The zero-order valence-corrected chi connectivity index (χ0v) is 14.8. The van der Waals surface area contributed by atoms with E-state index in [1.165, 1.54) is 10.4 Å². The molecule has 117 valence electrons. The fraction of sp³-hybridized carbons (Fsp3) is 0.316. The largest absolute Gasteiger partial charge is 0.399 e. The second-order valence-corrected chi connectivity index (χ2v) is 10.9. The topological polar surface area (TPSA) is 29.5 Å². The smallest absolute Gasteiger partial charge is 0.261 e. The van der Waals surface area contributed by atoms with E-state index in [1.54, 1.807) is 13.5 Å². The van der Waals surface area contributed by atoms with Crippen LogP contribution in [0.25, 0.3) is 0 Å². The van der Waals surface area contributed by atoms with Gasteiger partial charge in [0.2, 0.25) is 0 Å². The van der Waals surface area contributed by atoms with Crippen molar-refractivity contribution in [2.24, 2.45) is 0 Å². The molecule has 0 unspecified atom stereocenters. The minimum atomic E-state index is -2.53. The zero-order chi connectivity index (χ0) is 16.2. The van der Waals surface area contributed by atoms with Gasteiger partial charge in [0.15, 0.2) is 0 Å². The van der Waals surface area contributed by atoms with Gasteiger partial charge in [-0.3, -0.25) is 0 Å². The maximum Gasteiger partial charge on any atom is 0.261 e. The van der Waals surface area contributed by atoms with Crippen LogP contribution in [-0.4, -0.2) is 19.5 Å². The molecule has 1 atom stereocenters. The molecule has 1 radical (unpaired) electrons. The van der Waals surface area contributed by atoms with Gasteiger partial charge in [-0.1, -0.05) is 81.4 Å². The van der Waals surface area contributed by atoms with E-state index in [4.69, 9.17) is 4.43 Å². The van der Waals surface area contributed by atoms with Crippen LogP contribution >= 0.6 is 0 Å². The predicted molar refractivity (Wildman–Crippen MR) is 94.7 cm³/mol. The van der Waals surface area contributed by atoms with Gasteiger partial charge in [0.05, 0.1) is 12.7 Å². The molecule has 0 aliphatic heterocycles. The molecule has 0 saturated carbocycles. The molecule has 2 aromatic rings. The third-order valence-electron chi connectivity index (χ3n) is 3.86. The average Bonchev–Trinajstić information content (AvgIpc) is 2.48. The third-order valence-corrected chi connectivity index (χ3v) is 8.75. The molecule has 0 aromatic heterocycles. The normalized spacial score (nSPS) is 13.9. The number of aliphatic hydroxyl groups is 1. The lowest BCUT2D eigenvalue weighted by atomic mass is 10.2. The molecule has 22 heavy (non-hydrogen) atoms. The number of aliphatic hydroxyl groups excluding tert-OH is 1. The number of hydrogen-bond acceptors (Lipinski definition) is 2. The first-order chi connectivity index (χ1) is 10.4. The van der Waals surface area contributed by atoms with Gasteiger partial charge < -0.3 is 9.53 Å². The Balaban J connectivity index is 2.64. The van der Waals surface area contributed by atoms with E-state index in [0.29, 0.717) is 0 Å². The van der Waals surface area contributed by atoms with Crippen LogP contribution in [0, 0.1) is 6.61 Å². The van der Waals surface area contributed by atoms with E-state index in [-0.39, 0.29) is 5.04 Å². The maximum atomic E-state index is 9.72. The fourth-order valence-corrected chi connectivity index (χ4v) is 7.31. The highest BCUT2D eigenvalue weighted by Crippen LogP contribution is 2.37. The van der Waals surface area contributed by atoms with Crippen molar-refractivity contribution < 1.29 is 9.53 Å². The molecule has 0 aliphatic rings. The summed E-state index contributed by atoms with van der Waals surface area (Å²) < 4.78 is 6.39. The van der Waals surface area contributed by atoms with Crippen molar-refractivity contribution in [3.8, 4) is 0 Å². The van der Waals surface area contributed by atoms with Gasteiger partial charge in [0.1, 0.15) is 0 Å². The summed E-state index contributed by atoms with van der Waals surface area (Å²) in [7, 11) is -2.53. The first-order valence-corrected chi connectivity index (χ1v) is 9.59. The second kappa shape index (κ2) is 6.78. The molecule has 0 bridgehead atoms. The number of rotatable bonds is 5. The summed E-state index contributed by atoms with van der Waals surface area (Å²) in [5.74, 6) is 0. The van der Waals surface area contributed by atoms with Gasteiger partial charge in [-0.05, 0) is 22.3 Å². The lowest BCUT2D eigenvalue weighted by Crippen LogP contribution is -2.66. The first kappa shape index (κ1) is 16.9. The summed E-state index contributed by atoms with van der Waals surface area (Å²) in [5.41, 5.74) is 0. The van der Waals surface area contributed by atoms with E-state index in [0.717, 1.165) is 0 Å². The van der Waals surface area contributed by atoms with Crippen LogP contribution in [0.15, 0.2) is 60.7 Å². The standard InChI is InChI=1S/C19H25O2Si/c1-16(20)15-21-22(19(2,3)4,17-11-7-5-8-12-17)18-13-9-6-10-14-18/h5-16,20H,1-4H3/t16-/m1/s1. The summed E-state index contributed by atoms with van der Waals surface area (Å²) in [4.78, 5) is 0. The van der Waals surface area contributed by atoms with Gasteiger partial charge >= 0.3 is 0 Å². The Bertz CT molecular complexity index is 534. The van der Waals surface area contributed by atoms with Crippen LogP contribution < -0.4 is 10.4 Å². The molecular weight excluding hydrogens is 288 g/mol. The van der Waals surface area contributed by atoms with Crippen molar-refractivity contribution in [3.63, 3.8) is 0 Å². The maximum absolute atomic E-state index is 9.72. The summed E-state index contributed by atoms with van der Waals surface area (Å²) in [6, 6.07) is 20.8. The van der Waals surface area contributed by atoms with Crippen LogP contribution in [0.1, 0.15) is 27.7 Å². The number of benzene rings is 2. The minimum Gasteiger partial charge on any atom is -0.399 e. The van der Waals surface area contributed by atoms with E-state index >= 15 is 0 Å². The van der Waals surface area contributed by atoms with Crippen molar-refractivity contribution in [3.05, 3.63) is 67.3 Å². The zero-order valence-electron chi connectivity index (χ0n) is 13.8. The molecule has 1 N–H and O–H groups in total. The molecule has 2 nitrogen and oxygen atoms in total. The van der Waals surface area contributed by atoms with E-state index in [2.05, 4.69) is 69.3 Å². The van der Waals surface area contributed by atoms with E-state index in [9.17, 15) is 5.11 Å². The van der Waals surface area contributed by atoms with Gasteiger partial charge in [-0.25, -0.2) is 0 Å². The number of hydrogen-bond donors (Lipinski definition) is 1. The molecular formula is C19H25O2Si. The quantitative estimate of drug-likeness (QED) is 0.860. The van der Waals surface area contributed by atoms with Gasteiger partial charge in [0, 0.05) is 0 Å². The summed E-state index contributed by atoms with van der Waals surface area (Å²) >= 11 is 0. The van der Waals surface area contributed by atoms with Crippen molar-refractivity contribution in [1.29, 1.82) is 0 Å². The predicted octanol–water partition coefficient (Wildman–Crippen LogP) is 3.11. The average molecular weight is 313 g/mol. The highest BCUT2D eigenvalue weighted by atomic mass is 28.4. The SMILES string of the molecule is C[C@@H](O)[CH]O[Si](c1ccccc1)(c1ccccc1)C(C)(C)C. The highest BCUT2D eigenvalue weighted by Gasteiger charge is 2.50. The van der Waals surface area contributed by atoms with Gasteiger partial charge in [0.25, 0.3) is 8.32 Å². The minimum absolute atomic E-state index is 0.0684. The Kier molecular flexibility index (Phi) is 5.22. The van der Waals surface area contributed by atoms with Crippen LogP contribution in [0.3, 0.4) is 0 Å². The van der Waals surface area contributed by atoms with Gasteiger partial charge in [-0.2, -0.15) is 0 Å². The summed E-state index contributed by atoms with van der Waals surface area (Å²) in [6.07, 6.45) is -0.596. The Labute approximate surface area is 134 Å². The Morgan fingerprint density at radius 3 is 1.64 bits per heavy atom. The molecule has 0 aliphatic carbocycles. The first-order valence-electron chi connectivity index (χ1n) is 7.68. The van der Waals surface area contributed by atoms with Crippen LogP contribution in [-0.2, 0) is 4.43 Å². The molecule has 2 rings (SSSR count). The van der Waals surface area contributed by atoms with E-state index in [1.807, 2.05) is 12.1 Å². The van der Waals surface area contributed by atoms with Crippen LogP contribution in [0.5, 0.6) is 0 Å². The fourth-order valence-electron chi connectivity index (χ4n) is 2.89. The van der Waals surface area contributed by atoms with Crippen molar-refractivity contribution >= 4 is 18.7 Å². The second-order valence-electron chi connectivity index (χ2n) is 6.66. The molecule has 0 saturated heterocycles. The van der Waals surface area contributed by atoms with Crippen LogP contribution in [0.4, 0.5) is 0 Å². The Hall–Kier alpha value is -1.42. The van der Waals surface area contributed by atoms with Crippen molar-refractivity contribution in [1.82, 2.24) is 0 Å². The molecule has 3 heteroatoms. The van der Waals surface area contributed by atoms with Crippen molar-refractivity contribution in [2.45, 2.75) is 38.8 Å². The van der Waals surface area contributed by atoms with Gasteiger partial charge in [-0.15, -0.1) is 0 Å². The summed E-state index contributed by atoms with van der Waals surface area (Å²) in [5, 5.41) is 12.1. The molecule has 0 spiro atoms. The molecule has 0 amide bonds. The molecule has 0 heterocycles. The Morgan fingerprint density at radius 1 is 0.909 bits per heavy atom. The highest BCUT2D eigenvalue weighted by molar-refractivity contribution is 6.99. The molecule has 0 fully saturated rings. The lowest BCUT2D eigenvalue weighted by Gasteiger charge is -2.43.